The number of nitrogens with two attached hydrogens (primary N) is 1. The van der Waals surface area contributed by atoms with Crippen LogP contribution in [0.1, 0.15) is 0 Å². The number of anilines is 1. The highest BCUT2D eigenvalue weighted by Gasteiger charge is 2.17. The van der Waals surface area contributed by atoms with Gasteiger partial charge in [0.1, 0.15) is 11.4 Å². The molecule has 0 bridgehead atoms. The molecule has 3 rings (SSSR count). The van der Waals surface area contributed by atoms with Gasteiger partial charge in [-0.1, -0.05) is 17.3 Å². The number of nitrogen functional groups attached to an aromatic ring is 1. The van der Waals surface area contributed by atoms with Crippen molar-refractivity contribution in [3.8, 4) is 28.1 Å². The smallest absolute Gasteiger partial charge is 0.230 e. The highest BCUT2D eigenvalue weighted by atomic mass is 16.5. The van der Waals surface area contributed by atoms with Gasteiger partial charge >= 0.3 is 0 Å². The molecule has 2 N–H and O–H groups in total. The molecular weight excluding hydrogens is 256 g/mol. The zero-order valence-corrected chi connectivity index (χ0v) is 10.8. The van der Waals surface area contributed by atoms with E-state index in [1.165, 1.54) is 0 Å². The molecule has 2 heterocycles. The Labute approximate surface area is 115 Å². The number of ether oxygens (including phenoxy) is 1. The minimum atomic E-state index is 0.266. The Balaban J connectivity index is 2.11. The van der Waals surface area contributed by atoms with Crippen LogP contribution in [0.2, 0.25) is 0 Å². The Morgan fingerprint density at radius 3 is 2.50 bits per heavy atom. The number of rotatable bonds is 3. The molecule has 0 saturated carbocycles. The first kappa shape index (κ1) is 12.2. The summed E-state index contributed by atoms with van der Waals surface area (Å²) in [5, 5.41) is 11.6. The van der Waals surface area contributed by atoms with Crippen molar-refractivity contribution in [3.05, 3.63) is 42.7 Å². The topological polar surface area (TPSA) is 87.1 Å². The molecule has 6 heteroatoms. The molecule has 6 nitrogen and oxygen atoms in total. The first-order valence-corrected chi connectivity index (χ1v) is 5.96. The summed E-state index contributed by atoms with van der Waals surface area (Å²) in [7, 11) is 1.62. The van der Waals surface area contributed by atoms with Crippen LogP contribution in [0, 0.1) is 0 Å². The van der Waals surface area contributed by atoms with Gasteiger partial charge in [0.2, 0.25) is 5.88 Å². The van der Waals surface area contributed by atoms with Gasteiger partial charge in [-0.3, -0.25) is 0 Å². The van der Waals surface area contributed by atoms with E-state index < -0.39 is 0 Å². The van der Waals surface area contributed by atoms with E-state index in [4.69, 9.17) is 15.0 Å². The number of hydrogen-bond acceptors (Lipinski definition) is 6. The van der Waals surface area contributed by atoms with Gasteiger partial charge in [-0.2, -0.15) is 10.2 Å². The maximum Gasteiger partial charge on any atom is 0.230 e. The fraction of sp³-hybridized carbons (Fsp3) is 0.0714. The van der Waals surface area contributed by atoms with Gasteiger partial charge in [0, 0.05) is 5.56 Å². The van der Waals surface area contributed by atoms with E-state index in [1.54, 1.807) is 25.6 Å². The standard InChI is InChI=1S/C14H12N4O2/c1-19-11-4-2-9(3-5-11)12-13(18-20-14(12)15)10-6-7-16-17-8-10/h2-8H,15H2,1H3. The van der Waals surface area contributed by atoms with Crippen molar-refractivity contribution in [3.63, 3.8) is 0 Å². The van der Waals surface area contributed by atoms with Crippen molar-refractivity contribution in [2.75, 3.05) is 12.8 Å². The molecule has 0 fully saturated rings. The Morgan fingerprint density at radius 2 is 1.85 bits per heavy atom. The molecule has 0 saturated heterocycles. The van der Waals surface area contributed by atoms with Gasteiger partial charge < -0.3 is 15.0 Å². The van der Waals surface area contributed by atoms with Crippen LogP contribution in [-0.2, 0) is 0 Å². The summed E-state index contributed by atoms with van der Waals surface area (Å²) in [6, 6.07) is 9.32. The van der Waals surface area contributed by atoms with Gasteiger partial charge in [-0.05, 0) is 23.8 Å². The summed E-state index contributed by atoms with van der Waals surface area (Å²) in [6.07, 6.45) is 3.21. The minimum absolute atomic E-state index is 0.266. The second-order valence-corrected chi connectivity index (χ2v) is 4.13. The highest BCUT2D eigenvalue weighted by molar-refractivity contribution is 5.86. The van der Waals surface area contributed by atoms with Gasteiger partial charge in [0.05, 0.1) is 25.1 Å². The highest BCUT2D eigenvalue weighted by Crippen LogP contribution is 2.36. The van der Waals surface area contributed by atoms with E-state index >= 15 is 0 Å². The largest absolute Gasteiger partial charge is 0.497 e. The third-order valence-electron chi connectivity index (χ3n) is 2.95. The zero-order chi connectivity index (χ0) is 13.9. The molecule has 0 radical (unpaired) electrons. The van der Waals surface area contributed by atoms with E-state index in [-0.39, 0.29) is 5.88 Å². The van der Waals surface area contributed by atoms with Gasteiger partial charge in [0.15, 0.2) is 0 Å². The van der Waals surface area contributed by atoms with Crippen molar-refractivity contribution in [1.82, 2.24) is 15.4 Å². The van der Waals surface area contributed by atoms with Gasteiger partial charge in [-0.15, -0.1) is 0 Å². The lowest BCUT2D eigenvalue weighted by Crippen LogP contribution is -1.89. The Kier molecular flexibility index (Phi) is 3.04. The van der Waals surface area contributed by atoms with E-state index in [0.29, 0.717) is 5.69 Å². The second kappa shape index (κ2) is 5.00. The van der Waals surface area contributed by atoms with Crippen LogP contribution < -0.4 is 10.5 Å². The number of hydrogen-bond donors (Lipinski definition) is 1. The van der Waals surface area contributed by atoms with Crippen LogP contribution in [0.25, 0.3) is 22.4 Å². The molecule has 0 amide bonds. The normalized spacial score (nSPS) is 10.4. The molecule has 100 valence electrons. The van der Waals surface area contributed by atoms with Crippen molar-refractivity contribution in [2.45, 2.75) is 0 Å². The molecule has 20 heavy (non-hydrogen) atoms. The average molecular weight is 268 g/mol. The third-order valence-corrected chi connectivity index (χ3v) is 2.95. The monoisotopic (exact) mass is 268 g/mol. The van der Waals surface area contributed by atoms with Crippen molar-refractivity contribution in [1.29, 1.82) is 0 Å². The van der Waals surface area contributed by atoms with E-state index in [0.717, 1.165) is 22.4 Å². The van der Waals surface area contributed by atoms with Crippen LogP contribution in [0.5, 0.6) is 5.75 Å². The predicted molar refractivity (Wildman–Crippen MR) is 73.9 cm³/mol. The second-order valence-electron chi connectivity index (χ2n) is 4.13. The summed E-state index contributed by atoms with van der Waals surface area (Å²) < 4.78 is 10.3. The maximum atomic E-state index is 5.88. The van der Waals surface area contributed by atoms with Gasteiger partial charge in [0.25, 0.3) is 0 Å². The predicted octanol–water partition coefficient (Wildman–Crippen LogP) is 2.39. The molecule has 0 aliphatic rings. The van der Waals surface area contributed by atoms with Crippen molar-refractivity contribution >= 4 is 5.88 Å². The lowest BCUT2D eigenvalue weighted by molar-refractivity contribution is 0.415. The quantitative estimate of drug-likeness (QED) is 0.784. The van der Waals surface area contributed by atoms with Crippen molar-refractivity contribution in [2.24, 2.45) is 0 Å². The lowest BCUT2D eigenvalue weighted by atomic mass is 10.0. The molecule has 0 aliphatic carbocycles. The summed E-state index contributed by atoms with van der Waals surface area (Å²) in [5.41, 5.74) is 8.96. The summed E-state index contributed by atoms with van der Waals surface area (Å²) in [4.78, 5) is 0. The third kappa shape index (κ3) is 2.07. The molecule has 0 aliphatic heterocycles. The SMILES string of the molecule is COc1ccc(-c2c(-c3ccnnc3)noc2N)cc1. The molecule has 3 aromatic rings. The summed E-state index contributed by atoms with van der Waals surface area (Å²) in [6.45, 7) is 0. The van der Waals surface area contributed by atoms with E-state index in [1.807, 2.05) is 24.3 Å². The lowest BCUT2D eigenvalue weighted by Gasteiger charge is -2.04. The molecule has 1 aromatic carbocycles. The van der Waals surface area contributed by atoms with Gasteiger partial charge in [-0.25, -0.2) is 0 Å². The molecule has 2 aromatic heterocycles. The first-order valence-electron chi connectivity index (χ1n) is 5.96. The Hall–Kier alpha value is -2.89. The van der Waals surface area contributed by atoms with E-state index in [2.05, 4.69) is 15.4 Å². The van der Waals surface area contributed by atoms with Crippen molar-refractivity contribution < 1.29 is 9.26 Å². The fourth-order valence-electron chi connectivity index (χ4n) is 1.97. The number of benzene rings is 1. The number of nitrogens with zero attached hydrogens (tertiary/aromatic N) is 3. The Bertz CT molecular complexity index is 708. The Morgan fingerprint density at radius 1 is 1.05 bits per heavy atom. The fourth-order valence-corrected chi connectivity index (χ4v) is 1.97. The maximum absolute atomic E-state index is 5.88. The molecule has 0 spiro atoms. The van der Waals surface area contributed by atoms with Crippen LogP contribution in [0.3, 0.4) is 0 Å². The van der Waals surface area contributed by atoms with E-state index in [9.17, 15) is 0 Å². The van der Waals surface area contributed by atoms with Crippen LogP contribution in [-0.4, -0.2) is 22.5 Å². The summed E-state index contributed by atoms with van der Waals surface area (Å²) >= 11 is 0. The zero-order valence-electron chi connectivity index (χ0n) is 10.8. The minimum Gasteiger partial charge on any atom is -0.497 e. The number of aromatic nitrogens is 3. The molecule has 0 atom stereocenters. The van der Waals surface area contributed by atoms with Crippen LogP contribution in [0.4, 0.5) is 5.88 Å². The number of methoxy groups -OCH3 is 1. The molecule has 0 unspecified atom stereocenters. The van der Waals surface area contributed by atoms with Crippen LogP contribution in [0.15, 0.2) is 47.2 Å². The molecular formula is C14H12N4O2. The summed E-state index contributed by atoms with van der Waals surface area (Å²) in [5.74, 6) is 1.04. The van der Waals surface area contributed by atoms with Crippen LogP contribution >= 0.6 is 0 Å². The average Bonchev–Trinajstić information content (AvgIpc) is 2.90. The first-order chi connectivity index (χ1) is 9.79.